The van der Waals surface area contributed by atoms with Gasteiger partial charge in [0.15, 0.2) is 5.82 Å². The number of unbranched alkanes of at least 4 members (excludes halogenated alkanes) is 16. The summed E-state index contributed by atoms with van der Waals surface area (Å²) in [5.41, 5.74) is 5.46. The van der Waals surface area contributed by atoms with E-state index in [0.29, 0.717) is 22.5 Å². The molecule has 0 saturated carbocycles. The highest BCUT2D eigenvalue weighted by molar-refractivity contribution is 7.47. The third-order valence-electron chi connectivity index (χ3n) is 10.6. The van der Waals surface area contributed by atoms with Gasteiger partial charge < -0.3 is 30.3 Å². The molecule has 1 aromatic carbocycles. The molecule has 1 unspecified atom stereocenters. The van der Waals surface area contributed by atoms with Crippen LogP contribution in [0.3, 0.4) is 0 Å². The van der Waals surface area contributed by atoms with Crippen molar-refractivity contribution in [3.05, 3.63) is 58.5 Å². The minimum atomic E-state index is -4.82. The summed E-state index contributed by atoms with van der Waals surface area (Å²) in [6.07, 6.45) is 17.7. The van der Waals surface area contributed by atoms with Crippen LogP contribution in [0.4, 0.5) is 5.82 Å². The van der Waals surface area contributed by atoms with E-state index in [4.69, 9.17) is 35.9 Å². The summed E-state index contributed by atoms with van der Waals surface area (Å²) in [4.78, 5) is 14.6. The molecule has 3 aromatic rings. The summed E-state index contributed by atoms with van der Waals surface area (Å²) < 4.78 is 37.0. The SMILES string of the molecule is CCCCCCCCCCCCCCCCCCC[C@H](COP(=O)(O)OC[C@@]1(C#N)O[C@@H](c2ccc3c(N)ncnn23)[C@H](O)[C@@H]1O)OCc1ccc(C#N)c(Cl)c1. The Morgan fingerprint density at radius 1 is 0.947 bits per heavy atom. The summed E-state index contributed by atoms with van der Waals surface area (Å²) in [5, 5.41) is 45.5. The number of hydrogen-bond acceptors (Lipinski definition) is 12. The molecule has 314 valence electrons. The Morgan fingerprint density at radius 3 is 2.14 bits per heavy atom. The van der Waals surface area contributed by atoms with Crippen LogP contribution in [0.15, 0.2) is 36.7 Å². The number of fused-ring (bicyclic) bond motifs is 1. The molecular formula is C41H60ClN6O8P. The van der Waals surface area contributed by atoms with Gasteiger partial charge in [0.05, 0.1) is 35.6 Å². The first-order valence-electron chi connectivity index (χ1n) is 20.5. The van der Waals surface area contributed by atoms with Crippen molar-refractivity contribution in [2.24, 2.45) is 0 Å². The van der Waals surface area contributed by atoms with Crippen LogP contribution in [0.25, 0.3) is 5.52 Å². The number of phosphoric ester groups is 1. The van der Waals surface area contributed by atoms with E-state index in [9.17, 15) is 30.2 Å². The molecule has 14 nitrogen and oxygen atoms in total. The molecule has 57 heavy (non-hydrogen) atoms. The molecule has 4 rings (SSSR count). The summed E-state index contributed by atoms with van der Waals surface area (Å²) in [5.74, 6) is 0.172. The lowest BCUT2D eigenvalue weighted by Gasteiger charge is -2.26. The van der Waals surface area contributed by atoms with E-state index in [1.807, 2.05) is 6.07 Å². The van der Waals surface area contributed by atoms with Gasteiger partial charge in [0.1, 0.15) is 48.9 Å². The smallest absolute Gasteiger partial charge is 0.387 e. The number of nitriles is 2. The number of nitrogen functional groups attached to an aromatic ring is 1. The molecule has 0 bridgehead atoms. The number of rotatable bonds is 28. The first-order valence-corrected chi connectivity index (χ1v) is 22.4. The van der Waals surface area contributed by atoms with E-state index in [0.717, 1.165) is 31.2 Å². The Labute approximate surface area is 341 Å². The van der Waals surface area contributed by atoms with E-state index >= 15 is 0 Å². The highest BCUT2D eigenvalue weighted by Gasteiger charge is 2.57. The maximum absolute atomic E-state index is 13.1. The van der Waals surface area contributed by atoms with Crippen LogP contribution < -0.4 is 5.73 Å². The lowest BCUT2D eigenvalue weighted by atomic mass is 9.96. The largest absolute Gasteiger partial charge is 0.472 e. The lowest BCUT2D eigenvalue weighted by Crippen LogP contribution is -2.45. The van der Waals surface area contributed by atoms with Crippen molar-refractivity contribution in [3.8, 4) is 12.1 Å². The van der Waals surface area contributed by atoms with Crippen LogP contribution >= 0.6 is 19.4 Å². The normalized spacial score (nSPS) is 21.0. The average molecular weight is 831 g/mol. The number of aromatic nitrogens is 3. The monoisotopic (exact) mass is 830 g/mol. The van der Waals surface area contributed by atoms with Crippen molar-refractivity contribution >= 4 is 30.8 Å². The number of ether oxygens (including phenoxy) is 2. The predicted molar refractivity (Wildman–Crippen MR) is 217 cm³/mol. The van der Waals surface area contributed by atoms with E-state index in [2.05, 4.69) is 17.0 Å². The van der Waals surface area contributed by atoms with E-state index < -0.39 is 44.4 Å². The fourth-order valence-electron chi connectivity index (χ4n) is 7.13. The third kappa shape index (κ3) is 14.3. The van der Waals surface area contributed by atoms with Gasteiger partial charge in [-0.2, -0.15) is 15.6 Å². The number of anilines is 1. The van der Waals surface area contributed by atoms with E-state index in [1.165, 1.54) is 94.3 Å². The molecule has 0 radical (unpaired) electrons. The maximum Gasteiger partial charge on any atom is 0.472 e. The zero-order valence-corrected chi connectivity index (χ0v) is 34.8. The Hall–Kier alpha value is -3.14. The van der Waals surface area contributed by atoms with Gasteiger partial charge in [0.2, 0.25) is 5.60 Å². The van der Waals surface area contributed by atoms with Gasteiger partial charge in [-0.3, -0.25) is 9.05 Å². The molecule has 1 aliphatic heterocycles. The predicted octanol–water partition coefficient (Wildman–Crippen LogP) is 8.65. The fraction of sp³-hybridized carbons (Fsp3) is 0.659. The minimum absolute atomic E-state index is 0.122. The van der Waals surface area contributed by atoms with Crippen LogP contribution in [0.1, 0.15) is 145 Å². The second-order valence-corrected chi connectivity index (χ2v) is 16.9. The van der Waals surface area contributed by atoms with Crippen molar-refractivity contribution in [2.45, 2.75) is 159 Å². The first kappa shape index (κ1) is 46.5. The summed E-state index contributed by atoms with van der Waals surface area (Å²) in [6, 6.07) is 12.0. The number of benzene rings is 1. The van der Waals surface area contributed by atoms with Crippen LogP contribution in [0.5, 0.6) is 0 Å². The van der Waals surface area contributed by atoms with Gasteiger partial charge >= 0.3 is 7.82 Å². The molecule has 1 saturated heterocycles. The van der Waals surface area contributed by atoms with E-state index in [-0.39, 0.29) is 24.7 Å². The van der Waals surface area contributed by atoms with Crippen molar-refractivity contribution in [1.82, 2.24) is 14.6 Å². The maximum atomic E-state index is 13.1. The molecule has 0 spiro atoms. The van der Waals surface area contributed by atoms with Gasteiger partial charge in [-0.15, -0.1) is 0 Å². The topological polar surface area (TPSA) is 218 Å². The highest BCUT2D eigenvalue weighted by atomic mass is 35.5. The van der Waals surface area contributed by atoms with Gasteiger partial charge in [-0.1, -0.05) is 134 Å². The molecule has 3 heterocycles. The van der Waals surface area contributed by atoms with Crippen LogP contribution in [-0.2, 0) is 29.7 Å². The molecule has 16 heteroatoms. The lowest BCUT2D eigenvalue weighted by molar-refractivity contribution is -0.0763. The second-order valence-electron chi connectivity index (χ2n) is 15.0. The Morgan fingerprint density at radius 2 is 1.56 bits per heavy atom. The minimum Gasteiger partial charge on any atom is -0.387 e. The average Bonchev–Trinajstić information content (AvgIpc) is 3.75. The number of phosphoric acid groups is 1. The summed E-state index contributed by atoms with van der Waals surface area (Å²) in [6.45, 7) is 1.19. The fourth-order valence-corrected chi connectivity index (χ4v) is 8.16. The summed E-state index contributed by atoms with van der Waals surface area (Å²) >= 11 is 6.21. The third-order valence-corrected chi connectivity index (χ3v) is 11.8. The van der Waals surface area contributed by atoms with Crippen molar-refractivity contribution in [2.75, 3.05) is 18.9 Å². The molecule has 0 aliphatic carbocycles. The highest BCUT2D eigenvalue weighted by Crippen LogP contribution is 2.48. The van der Waals surface area contributed by atoms with Gasteiger partial charge in [-0.25, -0.2) is 14.1 Å². The Bertz CT molecular complexity index is 1800. The van der Waals surface area contributed by atoms with Crippen LogP contribution in [-0.4, -0.2) is 66.8 Å². The number of hydrogen-bond donors (Lipinski definition) is 4. The molecule has 1 fully saturated rings. The zero-order valence-electron chi connectivity index (χ0n) is 33.1. The zero-order chi connectivity index (χ0) is 41.1. The van der Waals surface area contributed by atoms with E-state index in [1.54, 1.807) is 36.4 Å². The van der Waals surface area contributed by atoms with Crippen molar-refractivity contribution in [3.63, 3.8) is 0 Å². The molecular weight excluding hydrogens is 771 g/mol. The molecule has 5 N–H and O–H groups in total. The van der Waals surface area contributed by atoms with Gasteiger partial charge in [-0.05, 0) is 36.2 Å². The van der Waals surface area contributed by atoms with Crippen molar-refractivity contribution in [1.29, 1.82) is 10.5 Å². The Balaban J connectivity index is 1.22. The molecule has 2 aromatic heterocycles. The van der Waals surface area contributed by atoms with Gasteiger partial charge in [0.25, 0.3) is 0 Å². The molecule has 1 aliphatic rings. The first-order chi connectivity index (χ1) is 27.5. The number of nitrogens with two attached hydrogens (primary N) is 1. The van der Waals surface area contributed by atoms with Crippen LogP contribution in [0.2, 0.25) is 5.02 Å². The quantitative estimate of drug-likeness (QED) is 0.0398. The number of nitrogens with zero attached hydrogens (tertiary/aromatic N) is 5. The standard InChI is InChI=1S/C41H60ClN6O8P/c1-2-3-4-5-6-7-8-9-10-11-12-13-14-15-16-17-18-19-33(53-26-31-20-21-32(25-43)34(42)24-31)27-54-57(51,52)55-29-41(28-44)39(50)37(49)38(56-41)35-22-23-36-40(45)46-30-47-48(35)36/h20-24,30,33,37-39,49-50H,2-19,26-27,29H2,1H3,(H,51,52)(H2,45,46,47)/t33-,37+,38+,39+,41-/m1/s1. The molecule has 0 amide bonds. The van der Waals surface area contributed by atoms with Crippen molar-refractivity contribution < 1.29 is 38.2 Å². The second kappa shape index (κ2) is 24.1. The van der Waals surface area contributed by atoms with Gasteiger partial charge in [0, 0.05) is 0 Å². The molecule has 6 atom stereocenters. The Kier molecular flexibility index (Phi) is 19.7. The number of halogens is 1. The van der Waals surface area contributed by atoms with Crippen LogP contribution in [0, 0.1) is 22.7 Å². The summed E-state index contributed by atoms with van der Waals surface area (Å²) in [7, 11) is -4.82. The number of aliphatic hydroxyl groups excluding tert-OH is 2. The number of aliphatic hydroxyl groups is 2.